The summed E-state index contributed by atoms with van der Waals surface area (Å²) in [4.78, 5) is 217. The Labute approximate surface area is 807 Å². The number of aliphatic imine (C=N–C) groups is 2. The van der Waals surface area contributed by atoms with E-state index in [1.54, 1.807) is 12.4 Å². The molecule has 0 bridgehead atoms. The Morgan fingerprint density at radius 1 is 0.413 bits per heavy atom. The van der Waals surface area contributed by atoms with Crippen molar-refractivity contribution in [2.24, 2.45) is 56.4 Å². The van der Waals surface area contributed by atoms with Crippen molar-refractivity contribution in [1.82, 2.24) is 83.6 Å². The highest BCUT2D eigenvalue weighted by molar-refractivity contribution is 6.01. The van der Waals surface area contributed by atoms with Crippen molar-refractivity contribution in [2.45, 2.75) is 298 Å². The molecule has 37 heteroatoms. The number of fused-ring (bicyclic) bond motifs is 4. The molecular weight excluding hydrogens is 1760 g/mol. The molecule has 14 amide bonds. The van der Waals surface area contributed by atoms with Gasteiger partial charge in [0.15, 0.2) is 11.9 Å². The van der Waals surface area contributed by atoms with Crippen LogP contribution in [0, 0.1) is 17.8 Å². The van der Waals surface area contributed by atoms with Crippen molar-refractivity contribution >= 4 is 116 Å². The van der Waals surface area contributed by atoms with Crippen molar-refractivity contribution in [3.63, 3.8) is 0 Å². The molecule has 0 spiro atoms. The van der Waals surface area contributed by atoms with E-state index in [1.165, 1.54) is 9.80 Å². The molecule has 138 heavy (non-hydrogen) atoms. The number of aromatic nitrogens is 2. The average Bonchev–Trinajstić information content (AvgIpc) is 1.63. The van der Waals surface area contributed by atoms with Crippen LogP contribution >= 0.6 is 0 Å². The smallest absolute Gasteiger partial charge is 0.245 e. The van der Waals surface area contributed by atoms with Crippen molar-refractivity contribution in [1.29, 1.82) is 0 Å². The highest BCUT2D eigenvalue weighted by atomic mass is 16.2. The number of hydrogen-bond donors (Lipinski definition) is 19. The predicted molar refractivity (Wildman–Crippen MR) is 527 cm³/mol. The number of guanidine groups is 2. The number of nitrogens with zero attached hydrogens (tertiary/aromatic N) is 4. The van der Waals surface area contributed by atoms with Gasteiger partial charge in [0.1, 0.15) is 72.5 Å². The summed E-state index contributed by atoms with van der Waals surface area (Å²) in [5.74, 6) is -6.88. The first-order chi connectivity index (χ1) is 66.6. The molecule has 24 N–H and O–H groups in total. The van der Waals surface area contributed by atoms with Crippen molar-refractivity contribution in [2.75, 3.05) is 45.8 Å². The van der Waals surface area contributed by atoms with Crippen LogP contribution in [0.4, 0.5) is 0 Å². The normalized spacial score (nSPS) is 22.8. The van der Waals surface area contributed by atoms with Crippen LogP contribution in [0.5, 0.6) is 0 Å². The average molecular weight is 1910 g/mol. The Balaban J connectivity index is 0.000000265. The summed E-state index contributed by atoms with van der Waals surface area (Å²) < 4.78 is 0. The second-order valence-corrected chi connectivity index (χ2v) is 38.1. The Hall–Kier alpha value is -13.0. The van der Waals surface area contributed by atoms with Crippen LogP contribution in [0.25, 0.3) is 21.8 Å². The number of carbonyl (C=O) groups is 14. The zero-order chi connectivity index (χ0) is 98.4. The van der Waals surface area contributed by atoms with Gasteiger partial charge in [-0.2, -0.15) is 0 Å². The van der Waals surface area contributed by atoms with E-state index in [2.05, 4.69) is 83.8 Å². The summed E-state index contributed by atoms with van der Waals surface area (Å²) in [7, 11) is 0. The van der Waals surface area contributed by atoms with Gasteiger partial charge < -0.3 is 112 Å². The van der Waals surface area contributed by atoms with Crippen LogP contribution in [0.2, 0.25) is 0 Å². The van der Waals surface area contributed by atoms with Crippen LogP contribution in [0.1, 0.15) is 222 Å². The number of unbranched alkanes of at least 4 members (excludes halogenated alkanes) is 2. The number of H-pyrrole nitrogens is 2. The molecule has 2 aromatic heterocycles. The minimum atomic E-state index is -1.15. The number of carbonyl (C=O) groups excluding carboxylic acids is 14. The molecule has 2 saturated carbocycles. The van der Waals surface area contributed by atoms with Gasteiger partial charge in [-0.3, -0.25) is 77.1 Å². The summed E-state index contributed by atoms with van der Waals surface area (Å²) in [6.45, 7) is 5.34. The maximum absolute atomic E-state index is 14.8. The highest BCUT2D eigenvalue weighted by Crippen LogP contribution is 2.32. The molecule has 37 nitrogen and oxygen atoms in total. The Morgan fingerprint density at radius 3 is 1.22 bits per heavy atom. The summed E-state index contributed by atoms with van der Waals surface area (Å²) in [5.41, 5.74) is 32.8. The topological polar surface area (TPSA) is 576 Å². The molecule has 2 aliphatic carbocycles. The first-order valence-electron chi connectivity index (χ1n) is 49.8. The molecule has 6 aromatic rings. The van der Waals surface area contributed by atoms with E-state index in [0.29, 0.717) is 64.3 Å². The fourth-order valence-corrected chi connectivity index (χ4v) is 19.6. The molecule has 6 heterocycles. The second kappa shape index (κ2) is 54.3. The van der Waals surface area contributed by atoms with Gasteiger partial charge in [-0.1, -0.05) is 182 Å². The third kappa shape index (κ3) is 32.6. The van der Waals surface area contributed by atoms with E-state index in [0.717, 1.165) is 121 Å². The Morgan fingerprint density at radius 2 is 0.804 bits per heavy atom. The maximum atomic E-state index is 14.8. The molecule has 12 atom stereocenters. The lowest BCUT2D eigenvalue weighted by Gasteiger charge is -2.32. The standard InChI is InChI=1S/C51H74N12O7.C50H71N11O7/c52-25-11-3-8-24-44(64)58-40(29-33-15-4-1-5-16-33)46(66)60-39-22-13-26-55-45(65)38(21-12-27-56-51(53)54)59-48(68)42(31-35-32-57-37-20-10-9-19-36(35)37)61-47(67)41(30-34-17-6-2-7-18-34)62-49(69)43-23-14-28-63(43)50(39)70;1-31(2)26-43(62)56-39(27-32-14-5-3-6-15-32)45(64)58-38-21-12-23-53-44(63)37(20-11-24-54-50(51)52)57-47(66)41(29-34-30-55-36-19-10-9-18-35(34)36)59-46(65)40(28-33-16-7-4-8-17-33)60-48(67)42-22-13-25-61(42)49(38)68/h1,4-5,9-10,15-16,19-20,32,34,38-43,57H,2-3,6-8,11-14,17-18,21-31,52H2,(H,55,65)(H,58,64)(H,59,68)(H,60,66)(H,61,67)(H,62,69)(H4,53,54,56);3,5-6,9-10,14-15,18-19,30-31,33,37-42,55H,4,7-8,11-13,16-17,20-29H2,1-2H3,(H,53,63)(H,56,62)(H,57,66)(H,58,64)(H,59,65)(H,60,67)(H4,51,52,54)/t38-,39-,40-,41+,42-,43-;37-,38?,39-,40+,41-,42-/m00/s1. The zero-order valence-electron chi connectivity index (χ0n) is 79.9. The van der Waals surface area contributed by atoms with Crippen LogP contribution in [0.15, 0.2) is 132 Å². The predicted octanol–water partition coefficient (Wildman–Crippen LogP) is 4.17. The molecule has 748 valence electrons. The fraction of sp³-hybridized carbons (Fsp3) is 0.564. The van der Waals surface area contributed by atoms with Gasteiger partial charge in [0, 0.05) is 112 Å². The number of rotatable bonds is 33. The van der Waals surface area contributed by atoms with Crippen molar-refractivity contribution < 1.29 is 67.1 Å². The largest absolute Gasteiger partial charge is 0.370 e. The van der Waals surface area contributed by atoms with Gasteiger partial charge in [-0.05, 0) is 161 Å². The van der Waals surface area contributed by atoms with E-state index >= 15 is 0 Å². The molecule has 6 fully saturated rings. The van der Waals surface area contributed by atoms with Gasteiger partial charge in [0.2, 0.25) is 82.7 Å². The summed E-state index contributed by atoms with van der Waals surface area (Å²) in [6.07, 6.45) is 20.2. The third-order valence-electron chi connectivity index (χ3n) is 26.9. The van der Waals surface area contributed by atoms with Gasteiger partial charge in [0.05, 0.1) is 0 Å². The molecular formula is C101H145N23O14. The number of amides is 14. The van der Waals surface area contributed by atoms with Crippen LogP contribution in [-0.4, -0.2) is 233 Å². The molecule has 0 radical (unpaired) electrons. The summed E-state index contributed by atoms with van der Waals surface area (Å²) in [6, 6.07) is 21.1. The lowest BCUT2D eigenvalue weighted by atomic mass is 9.84. The fourth-order valence-electron chi connectivity index (χ4n) is 19.6. The maximum Gasteiger partial charge on any atom is 0.245 e. The lowest BCUT2D eigenvalue weighted by Crippen LogP contribution is -2.60. The van der Waals surface area contributed by atoms with E-state index in [9.17, 15) is 67.1 Å². The lowest BCUT2D eigenvalue weighted by molar-refractivity contribution is -0.143. The Kier molecular flexibility index (Phi) is 41.5. The molecule has 4 saturated heterocycles. The quantitative estimate of drug-likeness (QED) is 0.0156. The molecule has 4 aliphatic heterocycles. The minimum absolute atomic E-state index is 0.0402. The van der Waals surface area contributed by atoms with E-state index in [4.69, 9.17) is 28.7 Å². The molecule has 12 rings (SSSR count). The Bertz CT molecular complexity index is 5120. The van der Waals surface area contributed by atoms with Crippen molar-refractivity contribution in [3.8, 4) is 0 Å². The SMILES string of the molecule is CC(C)CC(=O)N[C@@H](Cc1ccccc1)C(=O)NC1CCCNC(=O)[C@H](CCCN=C(N)N)NC(=O)[C@H](Cc2c[nH]c3ccccc23)NC(=O)[C@@H](CC2CCCCC2)NC(=O)[C@@H]2CCCN2C1=O.NCCCCCC(=O)N[C@@H](Cc1ccccc1)C(=O)N[C@H]1CCCNC(=O)[C@H](CCCN=C(N)N)NC(=O)[C@H](Cc2c[nH]c3ccccc23)NC(=O)[C@@H](CC2CCCCC2)NC(=O)[C@@H]2CCCN2C1=O. The van der Waals surface area contributed by atoms with E-state index < -0.39 is 143 Å². The number of hydrogen-bond acceptors (Lipinski definition) is 17. The first-order valence-corrected chi connectivity index (χ1v) is 49.8. The van der Waals surface area contributed by atoms with E-state index in [-0.39, 0.29) is 158 Å². The number of nitrogens with one attached hydrogen (secondary N) is 14. The van der Waals surface area contributed by atoms with Gasteiger partial charge in [-0.15, -0.1) is 0 Å². The highest BCUT2D eigenvalue weighted by Gasteiger charge is 2.44. The second-order valence-electron chi connectivity index (χ2n) is 38.1. The summed E-state index contributed by atoms with van der Waals surface area (Å²) in [5, 5.41) is 37.0. The first kappa shape index (κ1) is 105. The van der Waals surface area contributed by atoms with Crippen molar-refractivity contribution in [3.05, 3.63) is 144 Å². The van der Waals surface area contributed by atoms with Crippen LogP contribution in [0.3, 0.4) is 0 Å². The van der Waals surface area contributed by atoms with Gasteiger partial charge in [0.25, 0.3) is 0 Å². The molecule has 4 aromatic carbocycles. The van der Waals surface area contributed by atoms with Gasteiger partial charge in [-0.25, -0.2) is 0 Å². The number of para-hydroxylation sites is 2. The van der Waals surface area contributed by atoms with Crippen LogP contribution in [-0.2, 0) is 92.8 Å². The number of benzene rings is 4. The number of nitrogens with two attached hydrogens (primary N) is 5. The molecule has 1 unspecified atom stereocenters. The van der Waals surface area contributed by atoms with E-state index in [1.807, 2.05) is 123 Å². The zero-order valence-corrected chi connectivity index (χ0v) is 79.9. The third-order valence-corrected chi connectivity index (χ3v) is 26.9. The number of aromatic amines is 2. The van der Waals surface area contributed by atoms with Crippen LogP contribution < -0.4 is 92.5 Å². The van der Waals surface area contributed by atoms with Gasteiger partial charge >= 0.3 is 0 Å². The monoisotopic (exact) mass is 1900 g/mol. The minimum Gasteiger partial charge on any atom is -0.370 e. The molecule has 6 aliphatic rings. The summed E-state index contributed by atoms with van der Waals surface area (Å²) >= 11 is 0.